The molecule has 0 unspecified atom stereocenters. The Bertz CT molecular complexity index is 734. The number of hydrogen-bond donors (Lipinski definition) is 1. The molecule has 7 nitrogen and oxygen atoms in total. The van der Waals surface area contributed by atoms with Gasteiger partial charge in [0.15, 0.2) is 0 Å². The number of likely N-dealkylation sites (tertiary alicyclic amines) is 1. The summed E-state index contributed by atoms with van der Waals surface area (Å²) in [7, 11) is 1.65. The molecule has 0 saturated carbocycles. The van der Waals surface area contributed by atoms with Gasteiger partial charge in [-0.05, 0) is 37.0 Å². The van der Waals surface area contributed by atoms with Gasteiger partial charge in [0.25, 0.3) is 0 Å². The fourth-order valence-corrected chi connectivity index (χ4v) is 3.19. The number of nitrogens with one attached hydrogen (secondary N) is 1. The Morgan fingerprint density at radius 2 is 1.96 bits per heavy atom. The number of hydrogen-bond acceptors (Lipinski definition) is 5. The number of nitrogens with zero attached hydrogens (tertiary/aromatic N) is 3. The largest absolute Gasteiger partial charge is 0.497 e. The molecule has 1 saturated heterocycles. The highest BCUT2D eigenvalue weighted by atomic mass is 16.5. The summed E-state index contributed by atoms with van der Waals surface area (Å²) in [5.41, 5.74) is 1.17. The highest BCUT2D eigenvalue weighted by Gasteiger charge is 2.27. The third-order valence-corrected chi connectivity index (χ3v) is 4.93. The Morgan fingerprint density at radius 3 is 2.56 bits per heavy atom. The van der Waals surface area contributed by atoms with Crippen LogP contribution in [0.25, 0.3) is 0 Å². The van der Waals surface area contributed by atoms with Gasteiger partial charge in [0, 0.05) is 31.5 Å². The van der Waals surface area contributed by atoms with Crippen LogP contribution in [0.4, 0.5) is 4.79 Å². The van der Waals surface area contributed by atoms with Gasteiger partial charge in [-0.3, -0.25) is 0 Å². The molecule has 1 fully saturated rings. The van der Waals surface area contributed by atoms with Crippen molar-refractivity contribution < 1.29 is 13.9 Å². The van der Waals surface area contributed by atoms with Crippen LogP contribution in [0, 0.1) is 0 Å². The zero-order valence-corrected chi connectivity index (χ0v) is 16.3. The van der Waals surface area contributed by atoms with Crippen molar-refractivity contribution >= 4 is 6.03 Å². The third kappa shape index (κ3) is 4.99. The normalized spacial score (nSPS) is 15.2. The lowest BCUT2D eigenvalue weighted by molar-refractivity contribution is 0.177. The number of amides is 2. The molecule has 0 radical (unpaired) electrons. The quantitative estimate of drug-likeness (QED) is 0.841. The topological polar surface area (TPSA) is 80.5 Å². The first-order valence-electron chi connectivity index (χ1n) is 9.56. The van der Waals surface area contributed by atoms with Gasteiger partial charge in [-0.15, -0.1) is 10.2 Å². The third-order valence-electron chi connectivity index (χ3n) is 4.93. The van der Waals surface area contributed by atoms with Crippen molar-refractivity contribution in [1.29, 1.82) is 0 Å². The zero-order valence-electron chi connectivity index (χ0n) is 16.3. The molecule has 1 aliphatic rings. The number of aromatic nitrogens is 2. The van der Waals surface area contributed by atoms with Gasteiger partial charge in [-0.25, -0.2) is 4.79 Å². The van der Waals surface area contributed by atoms with E-state index in [1.54, 1.807) is 7.11 Å². The van der Waals surface area contributed by atoms with Gasteiger partial charge in [0.05, 0.1) is 7.11 Å². The van der Waals surface area contributed by atoms with E-state index in [1.165, 1.54) is 5.56 Å². The summed E-state index contributed by atoms with van der Waals surface area (Å²) in [5, 5.41) is 11.3. The van der Waals surface area contributed by atoms with Crippen molar-refractivity contribution in [2.24, 2.45) is 0 Å². The van der Waals surface area contributed by atoms with E-state index in [1.807, 2.05) is 43.0 Å². The first kappa shape index (κ1) is 19.2. The number of carbonyl (C=O) groups excluding carboxylic acids is 1. The molecule has 2 aromatic rings. The van der Waals surface area contributed by atoms with Gasteiger partial charge < -0.3 is 19.4 Å². The van der Waals surface area contributed by atoms with Crippen LogP contribution in [-0.4, -0.2) is 47.9 Å². The summed E-state index contributed by atoms with van der Waals surface area (Å²) in [6.07, 6.45) is 2.50. The fourth-order valence-electron chi connectivity index (χ4n) is 3.19. The number of urea groups is 1. The minimum absolute atomic E-state index is 0.00430. The van der Waals surface area contributed by atoms with Crippen LogP contribution in [0.2, 0.25) is 0 Å². The van der Waals surface area contributed by atoms with Crippen LogP contribution >= 0.6 is 0 Å². The van der Waals surface area contributed by atoms with E-state index in [9.17, 15) is 4.79 Å². The highest BCUT2D eigenvalue weighted by Crippen LogP contribution is 2.28. The molecule has 7 heteroatoms. The van der Waals surface area contributed by atoms with Gasteiger partial charge in [0.2, 0.25) is 11.8 Å². The second kappa shape index (κ2) is 8.88. The van der Waals surface area contributed by atoms with Crippen LogP contribution in [0.1, 0.15) is 55.9 Å². The SMILES string of the molecule is COc1ccc(CCNC(=O)N2CCC(c3nnc(C(C)C)o3)CC2)cc1. The number of piperidine rings is 1. The monoisotopic (exact) mass is 372 g/mol. The van der Waals surface area contributed by atoms with Gasteiger partial charge >= 0.3 is 6.03 Å². The average Bonchev–Trinajstić information content (AvgIpc) is 3.19. The van der Waals surface area contributed by atoms with Gasteiger partial charge in [-0.2, -0.15) is 0 Å². The van der Waals surface area contributed by atoms with E-state index in [0.717, 1.165) is 25.0 Å². The minimum atomic E-state index is -0.00430. The second-order valence-corrected chi connectivity index (χ2v) is 7.22. The van der Waals surface area contributed by atoms with Gasteiger partial charge in [-0.1, -0.05) is 26.0 Å². The van der Waals surface area contributed by atoms with Crippen molar-refractivity contribution in [3.63, 3.8) is 0 Å². The lowest BCUT2D eigenvalue weighted by Crippen LogP contribution is -2.44. The summed E-state index contributed by atoms with van der Waals surface area (Å²) < 4.78 is 10.9. The highest BCUT2D eigenvalue weighted by molar-refractivity contribution is 5.74. The zero-order chi connectivity index (χ0) is 19.2. The van der Waals surface area contributed by atoms with Crippen molar-refractivity contribution in [3.8, 4) is 5.75 Å². The van der Waals surface area contributed by atoms with E-state index in [2.05, 4.69) is 15.5 Å². The molecule has 0 bridgehead atoms. The predicted octanol–water partition coefficient (Wildman–Crippen LogP) is 3.33. The van der Waals surface area contributed by atoms with E-state index in [4.69, 9.17) is 9.15 Å². The Hall–Kier alpha value is -2.57. The smallest absolute Gasteiger partial charge is 0.317 e. The Balaban J connectivity index is 1.41. The Morgan fingerprint density at radius 1 is 1.26 bits per heavy atom. The Kier molecular flexibility index (Phi) is 6.32. The molecule has 3 rings (SSSR count). The lowest BCUT2D eigenvalue weighted by atomic mass is 9.97. The number of methoxy groups -OCH3 is 1. The van der Waals surface area contributed by atoms with E-state index in [0.29, 0.717) is 31.4 Å². The molecule has 1 aromatic carbocycles. The maximum atomic E-state index is 12.4. The first-order valence-corrected chi connectivity index (χ1v) is 9.56. The molecule has 1 aliphatic heterocycles. The number of ether oxygens (including phenoxy) is 1. The Labute approximate surface area is 160 Å². The summed E-state index contributed by atoms with van der Waals surface area (Å²) >= 11 is 0. The average molecular weight is 372 g/mol. The standard InChI is InChI=1S/C20H28N4O3/c1-14(2)18-22-23-19(27-18)16-9-12-24(13-10-16)20(25)21-11-8-15-4-6-17(26-3)7-5-15/h4-7,14,16H,8-13H2,1-3H3,(H,21,25). The fraction of sp³-hybridized carbons (Fsp3) is 0.550. The molecule has 0 atom stereocenters. The lowest BCUT2D eigenvalue weighted by Gasteiger charge is -2.30. The summed E-state index contributed by atoms with van der Waals surface area (Å²) in [5.74, 6) is 2.71. The maximum absolute atomic E-state index is 12.4. The van der Waals surface area contributed by atoms with Crippen molar-refractivity contribution in [1.82, 2.24) is 20.4 Å². The first-order chi connectivity index (χ1) is 13.1. The maximum Gasteiger partial charge on any atom is 0.317 e. The molecular formula is C20H28N4O3. The summed E-state index contributed by atoms with van der Waals surface area (Å²) in [6.45, 7) is 6.11. The van der Waals surface area contributed by atoms with Crippen LogP contribution in [-0.2, 0) is 6.42 Å². The minimum Gasteiger partial charge on any atom is -0.497 e. The van der Waals surface area contributed by atoms with E-state index >= 15 is 0 Å². The molecule has 0 spiro atoms. The van der Waals surface area contributed by atoms with E-state index < -0.39 is 0 Å². The molecule has 2 amide bonds. The van der Waals surface area contributed by atoms with Crippen LogP contribution in [0.5, 0.6) is 5.75 Å². The predicted molar refractivity (Wildman–Crippen MR) is 102 cm³/mol. The molecule has 146 valence electrons. The molecular weight excluding hydrogens is 344 g/mol. The second-order valence-electron chi connectivity index (χ2n) is 7.22. The van der Waals surface area contributed by atoms with Crippen molar-refractivity contribution in [2.75, 3.05) is 26.7 Å². The van der Waals surface area contributed by atoms with Crippen molar-refractivity contribution in [3.05, 3.63) is 41.6 Å². The van der Waals surface area contributed by atoms with Crippen LogP contribution in [0.15, 0.2) is 28.7 Å². The molecule has 1 aromatic heterocycles. The summed E-state index contributed by atoms with van der Waals surface area (Å²) in [4.78, 5) is 14.2. The summed E-state index contributed by atoms with van der Waals surface area (Å²) in [6, 6.07) is 7.91. The number of benzene rings is 1. The molecule has 2 heterocycles. The van der Waals surface area contributed by atoms with Crippen LogP contribution < -0.4 is 10.1 Å². The molecule has 0 aliphatic carbocycles. The number of carbonyl (C=O) groups is 1. The van der Waals surface area contributed by atoms with E-state index in [-0.39, 0.29) is 17.9 Å². The van der Waals surface area contributed by atoms with Gasteiger partial charge in [0.1, 0.15) is 5.75 Å². The van der Waals surface area contributed by atoms with Crippen molar-refractivity contribution in [2.45, 2.75) is 44.9 Å². The molecule has 1 N–H and O–H groups in total. The van der Waals surface area contributed by atoms with Crippen LogP contribution in [0.3, 0.4) is 0 Å². The molecule has 27 heavy (non-hydrogen) atoms. The number of rotatable bonds is 6.